The molecule has 28 heavy (non-hydrogen) atoms. The smallest absolute Gasteiger partial charge is 0.326 e. The molecule has 1 aliphatic rings. The van der Waals surface area contributed by atoms with Gasteiger partial charge in [-0.05, 0) is 31.9 Å². The predicted octanol–water partition coefficient (Wildman–Crippen LogP) is 1.67. The number of fused-ring (bicyclic) bond motifs is 1. The van der Waals surface area contributed by atoms with Crippen LogP contribution in [-0.2, 0) is 20.9 Å². The Balaban J connectivity index is 1.63. The average molecular weight is 382 g/mol. The number of ether oxygens (including phenoxy) is 1. The first-order valence-electron chi connectivity index (χ1n) is 9.31. The van der Waals surface area contributed by atoms with Gasteiger partial charge in [-0.15, -0.1) is 0 Å². The summed E-state index contributed by atoms with van der Waals surface area (Å²) in [6.07, 6.45) is 4.19. The van der Waals surface area contributed by atoms with E-state index in [0.717, 1.165) is 23.8 Å². The van der Waals surface area contributed by atoms with Crippen LogP contribution in [0.2, 0.25) is 0 Å². The van der Waals surface area contributed by atoms with E-state index in [1.165, 1.54) is 13.3 Å². The molecule has 1 aromatic heterocycles. The van der Waals surface area contributed by atoms with E-state index in [2.05, 4.69) is 16.4 Å². The predicted molar refractivity (Wildman–Crippen MR) is 101 cm³/mol. The monoisotopic (exact) mass is 382 g/mol. The van der Waals surface area contributed by atoms with Crippen LogP contribution < -0.4 is 10.9 Å². The average Bonchev–Trinajstić information content (AvgIpc) is 2.71. The van der Waals surface area contributed by atoms with Gasteiger partial charge in [-0.3, -0.25) is 19.0 Å². The lowest BCUT2D eigenvalue weighted by molar-refractivity contribution is -0.156. The molecule has 1 fully saturated rings. The van der Waals surface area contributed by atoms with Gasteiger partial charge in [0.1, 0.15) is 12.1 Å². The van der Waals surface area contributed by atoms with Crippen molar-refractivity contribution in [3.8, 4) is 6.07 Å². The Labute approximate surface area is 162 Å². The summed E-state index contributed by atoms with van der Waals surface area (Å²) in [5, 5.41) is 12.6. The quantitative estimate of drug-likeness (QED) is 0.787. The molecule has 1 heterocycles. The van der Waals surface area contributed by atoms with Gasteiger partial charge in [0.2, 0.25) is 0 Å². The molecule has 8 heteroatoms. The number of carbonyl (C=O) groups is 2. The van der Waals surface area contributed by atoms with Crippen molar-refractivity contribution >= 4 is 22.8 Å². The second-order valence-corrected chi connectivity index (χ2v) is 7.07. The minimum Gasteiger partial charge on any atom is -0.451 e. The maximum Gasteiger partial charge on any atom is 0.326 e. The summed E-state index contributed by atoms with van der Waals surface area (Å²) in [6.45, 7) is 1.10. The lowest BCUT2D eigenvalue weighted by atomic mass is 9.83. The number of nitriles is 1. The van der Waals surface area contributed by atoms with E-state index in [1.54, 1.807) is 24.3 Å². The van der Waals surface area contributed by atoms with Crippen LogP contribution in [0.15, 0.2) is 35.4 Å². The van der Waals surface area contributed by atoms with Crippen molar-refractivity contribution in [3.05, 3.63) is 40.9 Å². The second-order valence-electron chi connectivity index (χ2n) is 7.07. The molecular weight excluding hydrogens is 360 g/mol. The van der Waals surface area contributed by atoms with Gasteiger partial charge in [-0.25, -0.2) is 4.98 Å². The third-order valence-corrected chi connectivity index (χ3v) is 4.99. The Hall–Kier alpha value is -3.21. The molecule has 0 radical (unpaired) electrons. The van der Waals surface area contributed by atoms with Gasteiger partial charge < -0.3 is 10.1 Å². The van der Waals surface area contributed by atoms with E-state index in [-0.39, 0.29) is 12.1 Å². The second kappa shape index (κ2) is 8.21. The maximum absolute atomic E-state index is 12.4. The summed E-state index contributed by atoms with van der Waals surface area (Å²) < 4.78 is 6.31. The largest absolute Gasteiger partial charge is 0.451 e. The number of amides is 1. The topological polar surface area (TPSA) is 114 Å². The van der Waals surface area contributed by atoms with Crippen LogP contribution in [0.4, 0.5) is 0 Å². The molecule has 1 atom stereocenters. The van der Waals surface area contributed by atoms with Gasteiger partial charge in [0, 0.05) is 0 Å². The van der Waals surface area contributed by atoms with Crippen LogP contribution in [0.25, 0.3) is 10.9 Å². The standard InChI is InChI=1S/C20H22N4O4/c1-14(18(26)23-20(12-21)9-5-2-6-10-20)28-17(25)11-24-13-22-16-8-4-3-7-15(16)19(24)27/h3-4,7-8,13-14H,2,5-6,9-11H2,1H3,(H,23,26)/t14-/m1/s1. The van der Waals surface area contributed by atoms with Gasteiger partial charge in [0.25, 0.3) is 11.5 Å². The van der Waals surface area contributed by atoms with Crippen molar-refractivity contribution in [2.75, 3.05) is 0 Å². The van der Waals surface area contributed by atoms with Gasteiger partial charge in [-0.1, -0.05) is 31.4 Å². The van der Waals surface area contributed by atoms with Crippen LogP contribution >= 0.6 is 0 Å². The zero-order valence-electron chi connectivity index (χ0n) is 15.7. The van der Waals surface area contributed by atoms with Crippen LogP contribution in [0.1, 0.15) is 39.0 Å². The van der Waals surface area contributed by atoms with Gasteiger partial charge in [0.15, 0.2) is 6.10 Å². The van der Waals surface area contributed by atoms with Crippen LogP contribution in [0.3, 0.4) is 0 Å². The van der Waals surface area contributed by atoms with E-state index < -0.39 is 23.5 Å². The van der Waals surface area contributed by atoms with Crippen molar-refractivity contribution in [1.82, 2.24) is 14.9 Å². The normalized spacial score (nSPS) is 16.7. The molecule has 8 nitrogen and oxygen atoms in total. The van der Waals surface area contributed by atoms with Crippen LogP contribution in [0.5, 0.6) is 0 Å². The number of para-hydroxylation sites is 1. The third-order valence-electron chi connectivity index (χ3n) is 4.99. The summed E-state index contributed by atoms with van der Waals surface area (Å²) in [5.74, 6) is -1.24. The van der Waals surface area contributed by atoms with E-state index >= 15 is 0 Å². The SMILES string of the molecule is C[C@@H](OC(=O)Cn1cnc2ccccc2c1=O)C(=O)NC1(C#N)CCCCC1. The highest BCUT2D eigenvalue weighted by molar-refractivity contribution is 5.84. The lowest BCUT2D eigenvalue weighted by Gasteiger charge is -2.32. The molecule has 3 rings (SSSR count). The summed E-state index contributed by atoms with van der Waals surface area (Å²) in [5.41, 5.74) is -0.709. The molecule has 0 saturated heterocycles. The van der Waals surface area contributed by atoms with E-state index in [0.29, 0.717) is 23.7 Å². The van der Waals surface area contributed by atoms with Crippen molar-refractivity contribution in [2.45, 2.75) is 57.2 Å². The number of benzene rings is 1. The molecule has 1 aromatic carbocycles. The molecule has 1 N–H and O–H groups in total. The zero-order chi connectivity index (χ0) is 20.1. The molecule has 1 amide bonds. The number of aromatic nitrogens is 2. The Morgan fingerprint density at radius 1 is 1.32 bits per heavy atom. The van der Waals surface area contributed by atoms with Gasteiger partial charge in [-0.2, -0.15) is 5.26 Å². The molecule has 146 valence electrons. The fourth-order valence-electron chi connectivity index (χ4n) is 3.40. The molecule has 0 unspecified atom stereocenters. The molecule has 1 aliphatic carbocycles. The zero-order valence-corrected chi connectivity index (χ0v) is 15.7. The molecule has 1 saturated carbocycles. The summed E-state index contributed by atoms with van der Waals surface area (Å²) >= 11 is 0. The third kappa shape index (κ3) is 4.19. The highest BCUT2D eigenvalue weighted by atomic mass is 16.5. The molecule has 0 aliphatic heterocycles. The van der Waals surface area contributed by atoms with Gasteiger partial charge >= 0.3 is 5.97 Å². The number of nitrogens with one attached hydrogen (secondary N) is 1. The Kier molecular flexibility index (Phi) is 5.73. The first kappa shape index (κ1) is 19.5. The van der Waals surface area contributed by atoms with Crippen molar-refractivity contribution < 1.29 is 14.3 Å². The number of esters is 1. The van der Waals surface area contributed by atoms with Crippen LogP contribution in [0, 0.1) is 11.3 Å². The van der Waals surface area contributed by atoms with Crippen LogP contribution in [-0.4, -0.2) is 33.1 Å². The number of carbonyl (C=O) groups excluding carboxylic acids is 2. The molecule has 2 aromatic rings. The van der Waals surface area contributed by atoms with Crippen molar-refractivity contribution in [2.24, 2.45) is 0 Å². The fraction of sp³-hybridized carbons (Fsp3) is 0.450. The summed E-state index contributed by atoms with van der Waals surface area (Å²) in [6, 6.07) is 9.03. The van der Waals surface area contributed by atoms with Crippen molar-refractivity contribution in [3.63, 3.8) is 0 Å². The first-order chi connectivity index (χ1) is 13.4. The first-order valence-corrected chi connectivity index (χ1v) is 9.31. The minimum atomic E-state index is -1.07. The maximum atomic E-state index is 12.4. The Bertz CT molecular complexity index is 986. The fourth-order valence-corrected chi connectivity index (χ4v) is 3.40. The van der Waals surface area contributed by atoms with Gasteiger partial charge in [0.05, 0.1) is 23.3 Å². The number of nitrogens with zero attached hydrogens (tertiary/aromatic N) is 3. The highest BCUT2D eigenvalue weighted by Crippen LogP contribution is 2.27. The summed E-state index contributed by atoms with van der Waals surface area (Å²) in [7, 11) is 0. The number of hydrogen-bond acceptors (Lipinski definition) is 6. The Morgan fingerprint density at radius 3 is 2.75 bits per heavy atom. The highest BCUT2D eigenvalue weighted by Gasteiger charge is 2.35. The summed E-state index contributed by atoms with van der Waals surface area (Å²) in [4.78, 5) is 41.2. The molecular formula is C20H22N4O4. The van der Waals surface area contributed by atoms with E-state index in [4.69, 9.17) is 4.74 Å². The van der Waals surface area contributed by atoms with E-state index in [9.17, 15) is 19.6 Å². The van der Waals surface area contributed by atoms with E-state index in [1.807, 2.05) is 0 Å². The minimum absolute atomic E-state index is 0.350. The number of hydrogen-bond donors (Lipinski definition) is 1. The molecule has 0 bridgehead atoms. The molecule has 0 spiro atoms. The lowest BCUT2D eigenvalue weighted by Crippen LogP contribution is -2.52. The number of rotatable bonds is 5. The Morgan fingerprint density at radius 2 is 2.04 bits per heavy atom. The van der Waals surface area contributed by atoms with Crippen molar-refractivity contribution in [1.29, 1.82) is 5.26 Å².